The first kappa shape index (κ1) is 12.8. The molecule has 1 atom stereocenters. The quantitative estimate of drug-likeness (QED) is 0.808. The van der Waals surface area contributed by atoms with Gasteiger partial charge in [-0.25, -0.2) is 0 Å². The van der Waals surface area contributed by atoms with E-state index >= 15 is 0 Å². The van der Waals surface area contributed by atoms with Crippen LogP contribution in [0, 0.1) is 13.8 Å². The Hall–Kier alpha value is -1.26. The molecule has 1 rings (SSSR count). The zero-order valence-corrected chi connectivity index (χ0v) is 10.3. The molecule has 1 unspecified atom stereocenters. The topological polar surface area (TPSA) is 70.5 Å². The molecule has 4 nitrogen and oxygen atoms in total. The molecule has 1 aromatic rings. The minimum atomic E-state index is -0.233. The standard InChI is InChI=1S/C12H20N2O2/c1-7-8(2)12(16-4)9(10(14)6-13)5-11(7)15-3/h5,10H,6,13-14H2,1-4H3. The second-order valence-electron chi connectivity index (χ2n) is 3.79. The van der Waals surface area contributed by atoms with Gasteiger partial charge in [0.1, 0.15) is 11.5 Å². The third-order valence-corrected chi connectivity index (χ3v) is 2.90. The van der Waals surface area contributed by atoms with Crippen molar-refractivity contribution in [3.8, 4) is 11.5 Å². The Bertz CT molecular complexity index is 378. The fraction of sp³-hybridized carbons (Fsp3) is 0.500. The molecule has 90 valence electrons. The highest BCUT2D eigenvalue weighted by Crippen LogP contribution is 2.35. The summed E-state index contributed by atoms with van der Waals surface area (Å²) in [7, 11) is 3.28. The van der Waals surface area contributed by atoms with Gasteiger partial charge in [0.15, 0.2) is 0 Å². The van der Waals surface area contributed by atoms with Crippen molar-refractivity contribution in [3.63, 3.8) is 0 Å². The lowest BCUT2D eigenvalue weighted by Crippen LogP contribution is -2.22. The summed E-state index contributed by atoms with van der Waals surface area (Å²) >= 11 is 0. The first-order chi connectivity index (χ1) is 7.56. The largest absolute Gasteiger partial charge is 0.496 e. The van der Waals surface area contributed by atoms with Crippen LogP contribution in [0.25, 0.3) is 0 Å². The van der Waals surface area contributed by atoms with E-state index in [1.165, 1.54) is 0 Å². The van der Waals surface area contributed by atoms with Crippen molar-refractivity contribution in [3.05, 3.63) is 22.8 Å². The summed E-state index contributed by atoms with van der Waals surface area (Å²) in [6, 6.07) is 1.67. The highest BCUT2D eigenvalue weighted by Gasteiger charge is 2.17. The average molecular weight is 224 g/mol. The van der Waals surface area contributed by atoms with Gasteiger partial charge < -0.3 is 20.9 Å². The van der Waals surface area contributed by atoms with E-state index in [0.29, 0.717) is 6.54 Å². The van der Waals surface area contributed by atoms with Crippen LogP contribution in [-0.4, -0.2) is 20.8 Å². The van der Waals surface area contributed by atoms with Crippen LogP contribution in [0.5, 0.6) is 11.5 Å². The predicted molar refractivity (Wildman–Crippen MR) is 65.0 cm³/mol. The Morgan fingerprint density at radius 3 is 2.25 bits per heavy atom. The summed E-state index contributed by atoms with van der Waals surface area (Å²) in [5.74, 6) is 1.62. The molecule has 0 aliphatic carbocycles. The van der Waals surface area contributed by atoms with Gasteiger partial charge in [-0.15, -0.1) is 0 Å². The van der Waals surface area contributed by atoms with Crippen LogP contribution in [0.3, 0.4) is 0 Å². The van der Waals surface area contributed by atoms with Gasteiger partial charge in [-0.3, -0.25) is 0 Å². The second kappa shape index (κ2) is 5.18. The third-order valence-electron chi connectivity index (χ3n) is 2.90. The van der Waals surface area contributed by atoms with E-state index < -0.39 is 0 Å². The average Bonchev–Trinajstić information content (AvgIpc) is 2.31. The molecule has 0 fully saturated rings. The number of hydrogen-bond donors (Lipinski definition) is 2. The van der Waals surface area contributed by atoms with Crippen LogP contribution in [0.2, 0.25) is 0 Å². The maximum absolute atomic E-state index is 5.95. The van der Waals surface area contributed by atoms with Gasteiger partial charge >= 0.3 is 0 Å². The number of rotatable bonds is 4. The highest BCUT2D eigenvalue weighted by atomic mass is 16.5. The SMILES string of the molecule is COc1cc(C(N)CN)c(OC)c(C)c1C. The van der Waals surface area contributed by atoms with E-state index in [1.807, 2.05) is 19.9 Å². The van der Waals surface area contributed by atoms with Gasteiger partial charge in [0.25, 0.3) is 0 Å². The maximum atomic E-state index is 5.95. The summed E-state index contributed by atoms with van der Waals surface area (Å²) in [4.78, 5) is 0. The fourth-order valence-electron chi connectivity index (χ4n) is 1.77. The zero-order chi connectivity index (χ0) is 12.3. The van der Waals surface area contributed by atoms with Gasteiger partial charge in [-0.05, 0) is 31.0 Å². The number of benzene rings is 1. The first-order valence-electron chi connectivity index (χ1n) is 5.24. The molecular weight excluding hydrogens is 204 g/mol. The third kappa shape index (κ3) is 2.13. The number of nitrogens with two attached hydrogens (primary N) is 2. The van der Waals surface area contributed by atoms with Gasteiger partial charge in [0.05, 0.1) is 14.2 Å². The van der Waals surface area contributed by atoms with Gasteiger partial charge in [0.2, 0.25) is 0 Å². The van der Waals surface area contributed by atoms with Crippen molar-refractivity contribution in [2.24, 2.45) is 11.5 Å². The van der Waals surface area contributed by atoms with Gasteiger partial charge in [0, 0.05) is 18.2 Å². The van der Waals surface area contributed by atoms with E-state index in [-0.39, 0.29) is 6.04 Å². The normalized spacial score (nSPS) is 12.4. The predicted octanol–water partition coefficient (Wildman–Crippen LogP) is 1.28. The lowest BCUT2D eigenvalue weighted by molar-refractivity contribution is 0.390. The molecule has 0 spiro atoms. The van der Waals surface area contributed by atoms with Crippen molar-refractivity contribution in [1.82, 2.24) is 0 Å². The molecule has 0 radical (unpaired) electrons. The Morgan fingerprint density at radius 1 is 1.19 bits per heavy atom. The van der Waals surface area contributed by atoms with Gasteiger partial charge in [-0.1, -0.05) is 0 Å². The van der Waals surface area contributed by atoms with E-state index in [1.54, 1.807) is 14.2 Å². The molecule has 0 saturated carbocycles. The molecule has 1 aromatic carbocycles. The van der Waals surface area contributed by atoms with E-state index in [4.69, 9.17) is 20.9 Å². The van der Waals surface area contributed by atoms with Crippen LogP contribution in [0.4, 0.5) is 0 Å². The molecular formula is C12H20N2O2. The molecule has 16 heavy (non-hydrogen) atoms. The van der Waals surface area contributed by atoms with Crippen molar-refractivity contribution in [2.45, 2.75) is 19.9 Å². The minimum absolute atomic E-state index is 0.233. The Morgan fingerprint density at radius 2 is 1.81 bits per heavy atom. The Kier molecular flexibility index (Phi) is 4.15. The molecule has 0 aliphatic rings. The van der Waals surface area contributed by atoms with E-state index in [0.717, 1.165) is 28.2 Å². The molecule has 0 aliphatic heterocycles. The second-order valence-corrected chi connectivity index (χ2v) is 3.79. The van der Waals surface area contributed by atoms with Crippen molar-refractivity contribution >= 4 is 0 Å². The number of hydrogen-bond acceptors (Lipinski definition) is 4. The Labute approximate surface area is 96.5 Å². The lowest BCUT2D eigenvalue weighted by atomic mass is 9.98. The smallest absolute Gasteiger partial charge is 0.127 e. The lowest BCUT2D eigenvalue weighted by Gasteiger charge is -2.19. The van der Waals surface area contributed by atoms with Crippen molar-refractivity contribution < 1.29 is 9.47 Å². The zero-order valence-electron chi connectivity index (χ0n) is 10.3. The van der Waals surface area contributed by atoms with Crippen molar-refractivity contribution in [1.29, 1.82) is 0 Å². The minimum Gasteiger partial charge on any atom is -0.496 e. The van der Waals surface area contributed by atoms with Crippen LogP contribution < -0.4 is 20.9 Å². The van der Waals surface area contributed by atoms with Crippen molar-refractivity contribution in [2.75, 3.05) is 20.8 Å². The van der Waals surface area contributed by atoms with Crippen LogP contribution >= 0.6 is 0 Å². The number of methoxy groups -OCH3 is 2. The fourth-order valence-corrected chi connectivity index (χ4v) is 1.77. The summed E-state index contributed by atoms with van der Waals surface area (Å²) < 4.78 is 10.7. The summed E-state index contributed by atoms with van der Waals surface area (Å²) in [6.45, 7) is 4.36. The summed E-state index contributed by atoms with van der Waals surface area (Å²) in [5, 5.41) is 0. The Balaban J connectivity index is 3.40. The molecule has 0 bridgehead atoms. The molecule has 0 heterocycles. The molecule has 4 heteroatoms. The molecule has 4 N–H and O–H groups in total. The highest BCUT2D eigenvalue weighted by molar-refractivity contribution is 5.53. The van der Waals surface area contributed by atoms with E-state index in [2.05, 4.69) is 0 Å². The molecule has 0 saturated heterocycles. The van der Waals surface area contributed by atoms with Crippen LogP contribution in [0.1, 0.15) is 22.7 Å². The summed E-state index contributed by atoms with van der Waals surface area (Å²) in [5.41, 5.74) is 14.5. The molecule has 0 amide bonds. The monoisotopic (exact) mass is 224 g/mol. The van der Waals surface area contributed by atoms with Gasteiger partial charge in [-0.2, -0.15) is 0 Å². The van der Waals surface area contributed by atoms with E-state index in [9.17, 15) is 0 Å². The maximum Gasteiger partial charge on any atom is 0.127 e. The first-order valence-corrected chi connectivity index (χ1v) is 5.24. The summed E-state index contributed by atoms with van der Waals surface area (Å²) in [6.07, 6.45) is 0. The number of ether oxygens (including phenoxy) is 2. The van der Waals surface area contributed by atoms with Crippen LogP contribution in [0.15, 0.2) is 6.07 Å². The van der Waals surface area contributed by atoms with Crippen LogP contribution in [-0.2, 0) is 0 Å². The molecule has 0 aromatic heterocycles.